The first-order valence-corrected chi connectivity index (χ1v) is 7.61. The minimum atomic E-state index is 0.436. The van der Waals surface area contributed by atoms with Gasteiger partial charge in [-0.05, 0) is 38.1 Å². The number of aryl methyl sites for hydroxylation is 1. The number of para-hydroxylation sites is 1. The maximum absolute atomic E-state index is 5.39. The standard InChI is InChI=1S/C18H15N5O/c1-12-7-6-8-14(11-12)18-19-17(21-24-18)16-13(2)23(22-20-16)15-9-4-3-5-10-15/h3-11H,1-2H3. The fourth-order valence-electron chi connectivity index (χ4n) is 2.57. The lowest BCUT2D eigenvalue weighted by atomic mass is 10.1. The predicted molar refractivity (Wildman–Crippen MR) is 89.6 cm³/mol. The second-order valence-electron chi connectivity index (χ2n) is 5.56. The fraction of sp³-hybridized carbons (Fsp3) is 0.111. The molecule has 4 aromatic rings. The fourth-order valence-corrected chi connectivity index (χ4v) is 2.57. The number of rotatable bonds is 3. The summed E-state index contributed by atoms with van der Waals surface area (Å²) in [6.07, 6.45) is 0. The highest BCUT2D eigenvalue weighted by Crippen LogP contribution is 2.24. The highest BCUT2D eigenvalue weighted by molar-refractivity contribution is 5.59. The molecule has 0 spiro atoms. The van der Waals surface area contributed by atoms with Gasteiger partial charge in [0.2, 0.25) is 5.82 Å². The van der Waals surface area contributed by atoms with Gasteiger partial charge < -0.3 is 4.52 Å². The molecule has 0 bridgehead atoms. The number of hydrogen-bond acceptors (Lipinski definition) is 5. The maximum atomic E-state index is 5.39. The summed E-state index contributed by atoms with van der Waals surface area (Å²) in [5.74, 6) is 0.911. The van der Waals surface area contributed by atoms with E-state index in [1.807, 2.05) is 68.4 Å². The summed E-state index contributed by atoms with van der Waals surface area (Å²) in [7, 11) is 0. The average molecular weight is 317 g/mol. The molecule has 2 aromatic heterocycles. The number of hydrogen-bond donors (Lipinski definition) is 0. The van der Waals surface area contributed by atoms with E-state index in [-0.39, 0.29) is 0 Å². The molecule has 0 radical (unpaired) electrons. The third kappa shape index (κ3) is 2.48. The van der Waals surface area contributed by atoms with E-state index in [1.165, 1.54) is 0 Å². The molecular formula is C18H15N5O. The van der Waals surface area contributed by atoms with Crippen LogP contribution in [0.4, 0.5) is 0 Å². The summed E-state index contributed by atoms with van der Waals surface area (Å²) < 4.78 is 7.15. The van der Waals surface area contributed by atoms with E-state index in [0.29, 0.717) is 17.4 Å². The van der Waals surface area contributed by atoms with Gasteiger partial charge >= 0.3 is 0 Å². The Kier molecular flexibility index (Phi) is 3.42. The summed E-state index contributed by atoms with van der Waals surface area (Å²) in [6.45, 7) is 3.96. The van der Waals surface area contributed by atoms with Crippen LogP contribution < -0.4 is 0 Å². The van der Waals surface area contributed by atoms with Gasteiger partial charge in [0.15, 0.2) is 5.69 Å². The summed E-state index contributed by atoms with van der Waals surface area (Å²) in [5, 5.41) is 12.5. The Morgan fingerprint density at radius 1 is 0.958 bits per heavy atom. The molecule has 0 amide bonds. The van der Waals surface area contributed by atoms with Crippen molar-refractivity contribution in [2.45, 2.75) is 13.8 Å². The van der Waals surface area contributed by atoms with E-state index in [2.05, 4.69) is 20.5 Å². The maximum Gasteiger partial charge on any atom is 0.258 e. The zero-order valence-electron chi connectivity index (χ0n) is 13.3. The van der Waals surface area contributed by atoms with Gasteiger partial charge in [-0.25, -0.2) is 4.68 Å². The molecule has 6 nitrogen and oxygen atoms in total. The summed E-state index contributed by atoms with van der Waals surface area (Å²) in [4.78, 5) is 4.47. The Morgan fingerprint density at radius 3 is 2.58 bits per heavy atom. The van der Waals surface area contributed by atoms with Gasteiger partial charge in [0.05, 0.1) is 11.4 Å². The molecule has 6 heteroatoms. The minimum Gasteiger partial charge on any atom is -0.334 e. The Hall–Kier alpha value is -3.28. The third-order valence-electron chi connectivity index (χ3n) is 3.80. The van der Waals surface area contributed by atoms with Gasteiger partial charge in [-0.1, -0.05) is 46.3 Å². The van der Waals surface area contributed by atoms with Crippen molar-refractivity contribution in [1.29, 1.82) is 0 Å². The van der Waals surface area contributed by atoms with Crippen molar-refractivity contribution < 1.29 is 4.52 Å². The Morgan fingerprint density at radius 2 is 1.79 bits per heavy atom. The number of benzene rings is 2. The van der Waals surface area contributed by atoms with Crippen LogP contribution in [0.25, 0.3) is 28.7 Å². The van der Waals surface area contributed by atoms with Gasteiger partial charge in [-0.2, -0.15) is 4.98 Å². The van der Waals surface area contributed by atoms with Crippen LogP contribution in [0.5, 0.6) is 0 Å². The molecule has 0 saturated heterocycles. The number of nitrogens with zero attached hydrogens (tertiary/aromatic N) is 5. The summed E-state index contributed by atoms with van der Waals surface area (Å²) in [6, 6.07) is 17.8. The Labute approximate surface area is 138 Å². The summed E-state index contributed by atoms with van der Waals surface area (Å²) >= 11 is 0. The van der Waals surface area contributed by atoms with Crippen molar-refractivity contribution in [2.24, 2.45) is 0 Å². The number of aromatic nitrogens is 5. The van der Waals surface area contributed by atoms with Crippen LogP contribution in [0.1, 0.15) is 11.3 Å². The lowest BCUT2D eigenvalue weighted by molar-refractivity contribution is 0.432. The Balaban J connectivity index is 1.72. The average Bonchev–Trinajstić information content (AvgIpc) is 3.22. The van der Waals surface area contributed by atoms with Crippen molar-refractivity contribution >= 4 is 0 Å². The van der Waals surface area contributed by atoms with Gasteiger partial charge in [0.25, 0.3) is 5.89 Å². The molecule has 0 aliphatic rings. The van der Waals surface area contributed by atoms with Gasteiger partial charge in [-0.15, -0.1) is 5.10 Å². The van der Waals surface area contributed by atoms with E-state index >= 15 is 0 Å². The van der Waals surface area contributed by atoms with Crippen LogP contribution in [0.15, 0.2) is 59.1 Å². The van der Waals surface area contributed by atoms with Crippen molar-refractivity contribution in [2.75, 3.05) is 0 Å². The zero-order valence-corrected chi connectivity index (χ0v) is 13.3. The van der Waals surface area contributed by atoms with Gasteiger partial charge in [0.1, 0.15) is 0 Å². The molecule has 0 saturated carbocycles. The van der Waals surface area contributed by atoms with E-state index in [0.717, 1.165) is 22.5 Å². The monoisotopic (exact) mass is 317 g/mol. The summed E-state index contributed by atoms with van der Waals surface area (Å²) in [5.41, 5.74) is 4.44. The van der Waals surface area contributed by atoms with Crippen LogP contribution in [-0.4, -0.2) is 25.1 Å². The molecule has 0 aliphatic carbocycles. The van der Waals surface area contributed by atoms with Crippen molar-refractivity contribution in [3.8, 4) is 28.7 Å². The molecule has 4 rings (SSSR count). The molecule has 0 unspecified atom stereocenters. The topological polar surface area (TPSA) is 69.6 Å². The molecular weight excluding hydrogens is 302 g/mol. The third-order valence-corrected chi connectivity index (χ3v) is 3.80. The largest absolute Gasteiger partial charge is 0.334 e. The molecule has 2 heterocycles. The normalized spacial score (nSPS) is 10.9. The van der Waals surface area contributed by atoms with E-state index in [9.17, 15) is 0 Å². The highest BCUT2D eigenvalue weighted by Gasteiger charge is 2.18. The zero-order chi connectivity index (χ0) is 16.5. The van der Waals surface area contributed by atoms with Crippen LogP contribution >= 0.6 is 0 Å². The van der Waals surface area contributed by atoms with Crippen LogP contribution in [0, 0.1) is 13.8 Å². The van der Waals surface area contributed by atoms with Crippen molar-refractivity contribution in [3.05, 3.63) is 65.9 Å². The van der Waals surface area contributed by atoms with Crippen LogP contribution in [0.2, 0.25) is 0 Å². The molecule has 2 aromatic carbocycles. The minimum absolute atomic E-state index is 0.436. The van der Waals surface area contributed by atoms with E-state index in [4.69, 9.17) is 4.52 Å². The molecule has 0 N–H and O–H groups in total. The molecule has 24 heavy (non-hydrogen) atoms. The van der Waals surface area contributed by atoms with E-state index < -0.39 is 0 Å². The first-order valence-electron chi connectivity index (χ1n) is 7.61. The van der Waals surface area contributed by atoms with Crippen LogP contribution in [0.3, 0.4) is 0 Å². The predicted octanol–water partition coefficient (Wildman–Crippen LogP) is 3.60. The first-order chi connectivity index (χ1) is 11.7. The SMILES string of the molecule is Cc1cccc(-c2nc(-c3nnn(-c4ccccc4)c3C)no2)c1. The van der Waals surface area contributed by atoms with Crippen molar-refractivity contribution in [3.63, 3.8) is 0 Å². The first kappa shape index (κ1) is 14.3. The Bertz CT molecular complexity index is 988. The second kappa shape index (κ2) is 5.73. The van der Waals surface area contributed by atoms with Gasteiger partial charge in [0, 0.05) is 5.56 Å². The smallest absolute Gasteiger partial charge is 0.258 e. The molecule has 0 atom stereocenters. The lowest BCUT2D eigenvalue weighted by Gasteiger charge is -2.01. The molecule has 0 aliphatic heterocycles. The highest BCUT2D eigenvalue weighted by atomic mass is 16.5. The molecule has 118 valence electrons. The second-order valence-corrected chi connectivity index (χ2v) is 5.56. The van der Waals surface area contributed by atoms with Crippen molar-refractivity contribution in [1.82, 2.24) is 25.1 Å². The quantitative estimate of drug-likeness (QED) is 0.577. The molecule has 0 fully saturated rings. The van der Waals surface area contributed by atoms with E-state index in [1.54, 1.807) is 4.68 Å². The van der Waals surface area contributed by atoms with Gasteiger partial charge in [-0.3, -0.25) is 0 Å². The lowest BCUT2D eigenvalue weighted by Crippen LogP contribution is -1.98. The van der Waals surface area contributed by atoms with Crippen LogP contribution in [-0.2, 0) is 0 Å².